The summed E-state index contributed by atoms with van der Waals surface area (Å²) in [7, 11) is 1.57. The zero-order valence-corrected chi connectivity index (χ0v) is 11.3. The van der Waals surface area contributed by atoms with Crippen LogP contribution in [-0.4, -0.2) is 22.0 Å². The summed E-state index contributed by atoms with van der Waals surface area (Å²) in [5.74, 6) is 1.82. The molecule has 0 saturated carbocycles. The quantitative estimate of drug-likeness (QED) is 0.900. The highest BCUT2D eigenvalue weighted by molar-refractivity contribution is 5.47. The van der Waals surface area contributed by atoms with Crippen molar-refractivity contribution in [2.45, 2.75) is 26.5 Å². The van der Waals surface area contributed by atoms with Gasteiger partial charge in [0.05, 0.1) is 31.2 Å². The van der Waals surface area contributed by atoms with Gasteiger partial charge >= 0.3 is 0 Å². The molecule has 1 aromatic heterocycles. The lowest BCUT2D eigenvalue weighted by Gasteiger charge is -2.15. The van der Waals surface area contributed by atoms with Gasteiger partial charge in [0.15, 0.2) is 5.75 Å². The molecule has 0 saturated heterocycles. The van der Waals surface area contributed by atoms with Gasteiger partial charge in [0.1, 0.15) is 11.5 Å². The van der Waals surface area contributed by atoms with E-state index in [0.29, 0.717) is 22.8 Å². The summed E-state index contributed by atoms with van der Waals surface area (Å²) in [6, 6.07) is 5.42. The largest absolute Gasteiger partial charge is 0.496 e. The summed E-state index contributed by atoms with van der Waals surface area (Å²) in [4.78, 5) is 0. The van der Waals surface area contributed by atoms with Crippen LogP contribution in [0.4, 0.5) is 0 Å². The van der Waals surface area contributed by atoms with Gasteiger partial charge in [-0.2, -0.15) is 5.10 Å². The molecule has 2 rings (SSSR count). The number of methoxy groups -OCH3 is 1. The van der Waals surface area contributed by atoms with Crippen molar-refractivity contribution in [2.75, 3.05) is 7.11 Å². The van der Waals surface area contributed by atoms with Gasteiger partial charge in [-0.15, -0.1) is 0 Å². The van der Waals surface area contributed by atoms with Gasteiger partial charge in [0.25, 0.3) is 0 Å². The molecule has 5 nitrogen and oxygen atoms in total. The summed E-state index contributed by atoms with van der Waals surface area (Å²) in [6.07, 6.45) is 2.78. The Balaban J connectivity index is 2.33. The molecule has 5 heteroatoms. The van der Waals surface area contributed by atoms with Crippen LogP contribution in [0.5, 0.6) is 17.2 Å². The smallest absolute Gasteiger partial charge is 0.165 e. The molecule has 0 aliphatic carbocycles. The number of aliphatic hydroxyl groups excluding tert-OH is 1. The van der Waals surface area contributed by atoms with E-state index >= 15 is 0 Å². The van der Waals surface area contributed by atoms with Crippen molar-refractivity contribution in [3.63, 3.8) is 0 Å². The Morgan fingerprint density at radius 2 is 2.11 bits per heavy atom. The van der Waals surface area contributed by atoms with Crippen molar-refractivity contribution in [2.24, 2.45) is 0 Å². The number of rotatable bonds is 5. The summed E-state index contributed by atoms with van der Waals surface area (Å²) in [6.45, 7) is 4.47. The molecule has 0 spiro atoms. The Morgan fingerprint density at radius 1 is 1.37 bits per heavy atom. The van der Waals surface area contributed by atoms with E-state index in [9.17, 15) is 5.11 Å². The van der Waals surface area contributed by atoms with E-state index in [-0.39, 0.29) is 0 Å². The van der Waals surface area contributed by atoms with E-state index < -0.39 is 6.10 Å². The number of aryl methyl sites for hydroxylation is 1. The maximum Gasteiger partial charge on any atom is 0.165 e. The first-order valence-electron chi connectivity index (χ1n) is 6.21. The van der Waals surface area contributed by atoms with Crippen LogP contribution in [0.25, 0.3) is 0 Å². The van der Waals surface area contributed by atoms with E-state index in [1.54, 1.807) is 37.0 Å². The van der Waals surface area contributed by atoms with E-state index in [1.807, 2.05) is 19.2 Å². The Hall–Kier alpha value is -2.01. The zero-order valence-electron chi connectivity index (χ0n) is 11.3. The van der Waals surface area contributed by atoms with Crippen molar-refractivity contribution in [1.29, 1.82) is 0 Å². The van der Waals surface area contributed by atoms with Gasteiger partial charge in [0, 0.05) is 6.54 Å². The SMILES string of the molecule is CCn1cc(Oc2cccc(OC)c2[C@@H](C)O)cn1. The van der Waals surface area contributed by atoms with E-state index in [2.05, 4.69) is 5.10 Å². The summed E-state index contributed by atoms with van der Waals surface area (Å²) >= 11 is 0. The predicted octanol–water partition coefficient (Wildman–Crippen LogP) is 2.76. The molecule has 1 atom stereocenters. The van der Waals surface area contributed by atoms with Crippen LogP contribution in [0.2, 0.25) is 0 Å². The molecule has 1 heterocycles. The van der Waals surface area contributed by atoms with Gasteiger partial charge < -0.3 is 14.6 Å². The molecular weight excluding hydrogens is 244 g/mol. The van der Waals surface area contributed by atoms with Crippen LogP contribution in [0.3, 0.4) is 0 Å². The number of benzene rings is 1. The Kier molecular flexibility index (Phi) is 4.06. The molecule has 19 heavy (non-hydrogen) atoms. The normalized spacial score (nSPS) is 12.2. The fourth-order valence-electron chi connectivity index (χ4n) is 1.90. The molecule has 0 bridgehead atoms. The molecule has 0 aliphatic heterocycles. The maximum atomic E-state index is 9.87. The standard InChI is InChI=1S/C14H18N2O3/c1-4-16-9-11(8-15-16)19-13-7-5-6-12(18-3)14(13)10(2)17/h5-10,17H,4H2,1-3H3/t10-/m1/s1. The number of ether oxygens (including phenoxy) is 2. The van der Waals surface area contributed by atoms with Crippen molar-refractivity contribution in [1.82, 2.24) is 9.78 Å². The number of hydrogen-bond acceptors (Lipinski definition) is 4. The third-order valence-electron chi connectivity index (χ3n) is 2.83. The minimum atomic E-state index is -0.674. The van der Waals surface area contributed by atoms with Crippen LogP contribution in [0.1, 0.15) is 25.5 Å². The lowest BCUT2D eigenvalue weighted by atomic mass is 10.1. The molecule has 1 N–H and O–H groups in total. The Morgan fingerprint density at radius 3 is 2.68 bits per heavy atom. The summed E-state index contributed by atoms with van der Waals surface area (Å²) < 4.78 is 12.8. The first-order chi connectivity index (χ1) is 9.15. The minimum absolute atomic E-state index is 0.574. The van der Waals surface area contributed by atoms with E-state index in [0.717, 1.165) is 6.54 Å². The number of nitrogens with zero attached hydrogens (tertiary/aromatic N) is 2. The zero-order chi connectivity index (χ0) is 13.8. The molecule has 0 aliphatic rings. The average Bonchev–Trinajstić information content (AvgIpc) is 2.85. The molecule has 0 fully saturated rings. The fraction of sp³-hybridized carbons (Fsp3) is 0.357. The number of aromatic nitrogens is 2. The third kappa shape index (κ3) is 2.88. The average molecular weight is 262 g/mol. The first kappa shape index (κ1) is 13.4. The molecule has 0 unspecified atom stereocenters. The molecule has 0 radical (unpaired) electrons. The highest BCUT2D eigenvalue weighted by Crippen LogP contribution is 2.36. The Bertz CT molecular complexity index is 549. The third-order valence-corrected chi connectivity index (χ3v) is 2.83. The second-order valence-electron chi connectivity index (χ2n) is 4.18. The first-order valence-corrected chi connectivity index (χ1v) is 6.21. The minimum Gasteiger partial charge on any atom is -0.496 e. The van der Waals surface area contributed by atoms with Crippen LogP contribution in [0.15, 0.2) is 30.6 Å². The van der Waals surface area contributed by atoms with Crippen LogP contribution >= 0.6 is 0 Å². The van der Waals surface area contributed by atoms with Gasteiger partial charge in [-0.05, 0) is 26.0 Å². The monoisotopic (exact) mass is 262 g/mol. The fourth-order valence-corrected chi connectivity index (χ4v) is 1.90. The summed E-state index contributed by atoms with van der Waals surface area (Å²) in [5, 5.41) is 14.0. The second kappa shape index (κ2) is 5.75. The van der Waals surface area contributed by atoms with Crippen molar-refractivity contribution in [3.8, 4) is 17.2 Å². The maximum absolute atomic E-state index is 9.87. The molecule has 0 amide bonds. The van der Waals surface area contributed by atoms with Gasteiger partial charge in [0.2, 0.25) is 0 Å². The van der Waals surface area contributed by atoms with E-state index in [1.165, 1.54) is 0 Å². The van der Waals surface area contributed by atoms with Gasteiger partial charge in [-0.25, -0.2) is 0 Å². The van der Waals surface area contributed by atoms with Crippen molar-refractivity contribution in [3.05, 3.63) is 36.2 Å². The van der Waals surface area contributed by atoms with Crippen LogP contribution < -0.4 is 9.47 Å². The highest BCUT2D eigenvalue weighted by atomic mass is 16.5. The number of aliphatic hydroxyl groups is 1. The van der Waals surface area contributed by atoms with Gasteiger partial charge in [-0.1, -0.05) is 6.07 Å². The topological polar surface area (TPSA) is 56.5 Å². The van der Waals surface area contributed by atoms with Crippen LogP contribution in [-0.2, 0) is 6.54 Å². The predicted molar refractivity (Wildman–Crippen MR) is 71.6 cm³/mol. The van der Waals surface area contributed by atoms with Crippen molar-refractivity contribution >= 4 is 0 Å². The summed E-state index contributed by atoms with van der Waals surface area (Å²) in [5.41, 5.74) is 0.634. The lowest BCUT2D eigenvalue weighted by molar-refractivity contribution is 0.190. The second-order valence-corrected chi connectivity index (χ2v) is 4.18. The number of hydrogen-bond donors (Lipinski definition) is 1. The molecule has 1 aromatic carbocycles. The van der Waals surface area contributed by atoms with Crippen LogP contribution in [0, 0.1) is 0 Å². The molecular formula is C14H18N2O3. The Labute approximate surface area is 112 Å². The lowest BCUT2D eigenvalue weighted by Crippen LogP contribution is -1.99. The molecule has 2 aromatic rings. The van der Waals surface area contributed by atoms with Crippen molar-refractivity contribution < 1.29 is 14.6 Å². The van der Waals surface area contributed by atoms with E-state index in [4.69, 9.17) is 9.47 Å². The van der Waals surface area contributed by atoms with Gasteiger partial charge in [-0.3, -0.25) is 4.68 Å². The highest BCUT2D eigenvalue weighted by Gasteiger charge is 2.16. The molecule has 102 valence electrons.